The molecule has 0 saturated carbocycles. The summed E-state index contributed by atoms with van der Waals surface area (Å²) in [6, 6.07) is 0. The number of nitrogens with one attached hydrogen (secondary N) is 1. The molecule has 0 atom stereocenters. The zero-order chi connectivity index (χ0) is 9.80. The molecule has 0 aromatic carbocycles. The summed E-state index contributed by atoms with van der Waals surface area (Å²) in [5, 5.41) is 2.99. The predicted molar refractivity (Wildman–Crippen MR) is 54.6 cm³/mol. The lowest BCUT2D eigenvalue weighted by Crippen LogP contribution is -2.37. The number of nitrogens with zero attached hydrogens (tertiary/aromatic N) is 3. The summed E-state index contributed by atoms with van der Waals surface area (Å²) in [4.78, 5) is 10.7. The number of anilines is 2. The van der Waals surface area contributed by atoms with Gasteiger partial charge in [-0.05, 0) is 0 Å². The second-order valence-corrected chi connectivity index (χ2v) is 3.12. The molecule has 0 bridgehead atoms. The van der Waals surface area contributed by atoms with Crippen molar-refractivity contribution in [2.45, 2.75) is 0 Å². The van der Waals surface area contributed by atoms with Crippen molar-refractivity contribution in [3.8, 4) is 0 Å². The van der Waals surface area contributed by atoms with Crippen molar-refractivity contribution in [1.29, 1.82) is 0 Å². The van der Waals surface area contributed by atoms with E-state index in [4.69, 9.17) is 4.74 Å². The molecule has 76 valence electrons. The molecule has 1 aromatic rings. The summed E-state index contributed by atoms with van der Waals surface area (Å²) in [5.74, 6) is 0.785. The molecule has 14 heavy (non-hydrogen) atoms. The van der Waals surface area contributed by atoms with Crippen LogP contribution in [0.15, 0.2) is 12.4 Å². The van der Waals surface area contributed by atoms with Crippen molar-refractivity contribution in [2.75, 3.05) is 43.6 Å². The Balaban J connectivity index is 2.07. The van der Waals surface area contributed by atoms with E-state index in [9.17, 15) is 0 Å². The maximum atomic E-state index is 5.26. The van der Waals surface area contributed by atoms with Crippen molar-refractivity contribution in [3.05, 3.63) is 12.4 Å². The molecule has 5 nitrogen and oxygen atoms in total. The minimum absolute atomic E-state index is 0.761. The van der Waals surface area contributed by atoms with Crippen molar-refractivity contribution < 1.29 is 4.74 Å². The molecule has 1 N–H and O–H groups in total. The molecule has 1 saturated heterocycles. The van der Waals surface area contributed by atoms with E-state index in [0.717, 1.165) is 37.9 Å². The largest absolute Gasteiger partial charge is 0.386 e. The Labute approximate surface area is 83.1 Å². The first kappa shape index (κ1) is 9.21. The number of hydrogen-bond donors (Lipinski definition) is 1. The first-order chi connectivity index (χ1) is 6.90. The molecule has 2 heterocycles. The number of rotatable bonds is 2. The summed E-state index contributed by atoms with van der Waals surface area (Å²) < 4.78 is 5.26. The van der Waals surface area contributed by atoms with Crippen molar-refractivity contribution in [1.82, 2.24) is 9.97 Å². The molecule has 5 heteroatoms. The lowest BCUT2D eigenvalue weighted by molar-refractivity contribution is 0.122. The van der Waals surface area contributed by atoms with Crippen LogP contribution in [0.5, 0.6) is 0 Å². The minimum Gasteiger partial charge on any atom is -0.386 e. The first-order valence-corrected chi connectivity index (χ1v) is 4.72. The third-order valence-electron chi connectivity index (χ3n) is 2.22. The van der Waals surface area contributed by atoms with Gasteiger partial charge in [0.1, 0.15) is 0 Å². The molecule has 1 aliphatic heterocycles. The van der Waals surface area contributed by atoms with E-state index < -0.39 is 0 Å². The van der Waals surface area contributed by atoms with Gasteiger partial charge in [-0.3, -0.25) is 0 Å². The molecule has 1 aromatic heterocycles. The molecule has 0 radical (unpaired) electrons. The Kier molecular flexibility index (Phi) is 2.78. The smallest absolute Gasteiger partial charge is 0.225 e. The Morgan fingerprint density at radius 2 is 1.93 bits per heavy atom. The van der Waals surface area contributed by atoms with Gasteiger partial charge in [-0.1, -0.05) is 0 Å². The SMILES string of the molecule is CNc1cnc(N2CCOCC2)nc1. The topological polar surface area (TPSA) is 50.3 Å². The number of ether oxygens (including phenoxy) is 1. The Morgan fingerprint density at radius 1 is 1.29 bits per heavy atom. The minimum atomic E-state index is 0.761. The molecule has 1 fully saturated rings. The van der Waals surface area contributed by atoms with E-state index in [1.807, 2.05) is 7.05 Å². The zero-order valence-corrected chi connectivity index (χ0v) is 8.23. The number of morpholine rings is 1. The molecule has 2 rings (SSSR count). The standard InChI is InChI=1S/C9H14N4O/c1-10-8-6-11-9(12-7-8)13-2-4-14-5-3-13/h6-7,10H,2-5H2,1H3. The van der Waals surface area contributed by atoms with E-state index in [1.54, 1.807) is 12.4 Å². The fourth-order valence-corrected chi connectivity index (χ4v) is 1.38. The van der Waals surface area contributed by atoms with Crippen LogP contribution in [0.1, 0.15) is 0 Å². The summed E-state index contributed by atoms with van der Waals surface area (Å²) in [6.45, 7) is 3.27. The molecule has 0 spiro atoms. The van der Waals surface area contributed by atoms with Crippen LogP contribution in [-0.4, -0.2) is 43.3 Å². The Morgan fingerprint density at radius 3 is 2.50 bits per heavy atom. The Hall–Kier alpha value is -1.36. The fraction of sp³-hybridized carbons (Fsp3) is 0.556. The summed E-state index contributed by atoms with van der Waals surface area (Å²) in [6.07, 6.45) is 3.58. The van der Waals surface area contributed by atoms with Gasteiger partial charge in [0.15, 0.2) is 0 Å². The maximum Gasteiger partial charge on any atom is 0.225 e. The highest BCUT2D eigenvalue weighted by atomic mass is 16.5. The van der Waals surface area contributed by atoms with Crippen LogP contribution in [-0.2, 0) is 4.74 Å². The molecular weight excluding hydrogens is 180 g/mol. The average molecular weight is 194 g/mol. The van der Waals surface area contributed by atoms with Crippen LogP contribution in [0.25, 0.3) is 0 Å². The summed E-state index contributed by atoms with van der Waals surface area (Å²) >= 11 is 0. The molecular formula is C9H14N4O. The van der Waals surface area contributed by atoms with Gasteiger partial charge >= 0.3 is 0 Å². The van der Waals surface area contributed by atoms with Gasteiger partial charge in [0.25, 0.3) is 0 Å². The van der Waals surface area contributed by atoms with Crippen LogP contribution in [0.4, 0.5) is 11.6 Å². The van der Waals surface area contributed by atoms with E-state index in [2.05, 4.69) is 20.2 Å². The molecule has 0 amide bonds. The Bertz CT molecular complexity index is 281. The number of hydrogen-bond acceptors (Lipinski definition) is 5. The normalized spacial score (nSPS) is 16.8. The average Bonchev–Trinajstić information content (AvgIpc) is 2.30. The van der Waals surface area contributed by atoms with Crippen molar-refractivity contribution >= 4 is 11.6 Å². The fourth-order valence-electron chi connectivity index (χ4n) is 1.38. The van der Waals surface area contributed by atoms with E-state index >= 15 is 0 Å². The highest BCUT2D eigenvalue weighted by Gasteiger charge is 2.12. The van der Waals surface area contributed by atoms with Crippen LogP contribution >= 0.6 is 0 Å². The lowest BCUT2D eigenvalue weighted by Gasteiger charge is -2.26. The third-order valence-corrected chi connectivity index (χ3v) is 2.22. The second kappa shape index (κ2) is 4.23. The molecule has 0 aliphatic carbocycles. The van der Waals surface area contributed by atoms with Crippen LogP contribution in [0.3, 0.4) is 0 Å². The molecule has 1 aliphatic rings. The zero-order valence-electron chi connectivity index (χ0n) is 8.23. The van der Waals surface area contributed by atoms with Gasteiger partial charge in [-0.15, -0.1) is 0 Å². The van der Waals surface area contributed by atoms with Crippen molar-refractivity contribution in [3.63, 3.8) is 0 Å². The van der Waals surface area contributed by atoms with Gasteiger partial charge < -0.3 is 15.0 Å². The van der Waals surface area contributed by atoms with E-state index in [-0.39, 0.29) is 0 Å². The summed E-state index contributed by atoms with van der Waals surface area (Å²) in [7, 11) is 1.85. The first-order valence-electron chi connectivity index (χ1n) is 4.72. The van der Waals surface area contributed by atoms with Crippen LogP contribution < -0.4 is 10.2 Å². The number of aromatic nitrogens is 2. The van der Waals surface area contributed by atoms with E-state index in [1.165, 1.54) is 0 Å². The monoisotopic (exact) mass is 194 g/mol. The van der Waals surface area contributed by atoms with Gasteiger partial charge in [0.05, 0.1) is 31.3 Å². The van der Waals surface area contributed by atoms with Gasteiger partial charge in [-0.2, -0.15) is 0 Å². The predicted octanol–water partition coefficient (Wildman–Crippen LogP) is 0.355. The van der Waals surface area contributed by atoms with Gasteiger partial charge in [0.2, 0.25) is 5.95 Å². The third kappa shape index (κ3) is 1.93. The highest BCUT2D eigenvalue weighted by Crippen LogP contribution is 2.10. The molecule has 0 unspecified atom stereocenters. The van der Waals surface area contributed by atoms with Crippen LogP contribution in [0.2, 0.25) is 0 Å². The second-order valence-electron chi connectivity index (χ2n) is 3.12. The van der Waals surface area contributed by atoms with Crippen LogP contribution in [0, 0.1) is 0 Å². The maximum absolute atomic E-state index is 5.26. The quantitative estimate of drug-likeness (QED) is 0.736. The summed E-state index contributed by atoms with van der Waals surface area (Å²) in [5.41, 5.74) is 0.932. The highest BCUT2D eigenvalue weighted by molar-refractivity contribution is 5.41. The van der Waals surface area contributed by atoms with Gasteiger partial charge in [0, 0.05) is 20.1 Å². The lowest BCUT2D eigenvalue weighted by atomic mass is 10.4. The van der Waals surface area contributed by atoms with Gasteiger partial charge in [-0.25, -0.2) is 9.97 Å². The van der Waals surface area contributed by atoms with E-state index in [0.29, 0.717) is 0 Å². The van der Waals surface area contributed by atoms with Crippen molar-refractivity contribution in [2.24, 2.45) is 0 Å².